The van der Waals surface area contributed by atoms with E-state index in [0.717, 1.165) is 25.7 Å². The van der Waals surface area contributed by atoms with Gasteiger partial charge < -0.3 is 27.2 Å². The minimum absolute atomic E-state index is 0.128. The first-order valence-corrected chi connectivity index (χ1v) is 10.9. The molecule has 8 nitrogen and oxygen atoms in total. The topological polar surface area (TPSA) is 148 Å². The van der Waals surface area contributed by atoms with Gasteiger partial charge in [0.25, 0.3) is 0 Å². The molecule has 0 saturated carbocycles. The fourth-order valence-electron chi connectivity index (χ4n) is 3.22. The SMILES string of the molecule is CCCCCCC(CCN)C(=O)N[C@H](C(=O)N[C@@H](CCN)C(=O)C(C)C)C(C)O. The van der Waals surface area contributed by atoms with Crippen LogP contribution in [0.5, 0.6) is 0 Å². The lowest BCUT2D eigenvalue weighted by Crippen LogP contribution is -2.57. The van der Waals surface area contributed by atoms with Crippen LogP contribution in [0.15, 0.2) is 0 Å². The smallest absolute Gasteiger partial charge is 0.245 e. The summed E-state index contributed by atoms with van der Waals surface area (Å²) in [5.41, 5.74) is 11.2. The monoisotopic (exact) mass is 414 g/mol. The number of Topliss-reactive ketones (excluding diaryl/α,β-unsaturated/α-hetero) is 1. The van der Waals surface area contributed by atoms with Crippen LogP contribution in [0.25, 0.3) is 0 Å². The second-order valence-corrected chi connectivity index (χ2v) is 8.05. The fraction of sp³-hybridized carbons (Fsp3) is 0.857. The van der Waals surface area contributed by atoms with Crippen molar-refractivity contribution in [3.05, 3.63) is 0 Å². The average Bonchev–Trinajstić information content (AvgIpc) is 2.66. The van der Waals surface area contributed by atoms with E-state index < -0.39 is 24.1 Å². The lowest BCUT2D eigenvalue weighted by molar-refractivity contribution is -0.135. The number of rotatable bonds is 16. The van der Waals surface area contributed by atoms with E-state index in [1.165, 1.54) is 6.92 Å². The molecule has 170 valence electrons. The summed E-state index contributed by atoms with van der Waals surface area (Å²) < 4.78 is 0. The van der Waals surface area contributed by atoms with Gasteiger partial charge in [-0.2, -0.15) is 0 Å². The zero-order valence-corrected chi connectivity index (χ0v) is 18.6. The summed E-state index contributed by atoms with van der Waals surface area (Å²) in [6.07, 6.45) is 4.59. The molecule has 0 saturated heterocycles. The number of hydrogen-bond donors (Lipinski definition) is 5. The van der Waals surface area contributed by atoms with E-state index in [1.54, 1.807) is 13.8 Å². The van der Waals surface area contributed by atoms with E-state index in [2.05, 4.69) is 17.6 Å². The van der Waals surface area contributed by atoms with Crippen molar-refractivity contribution < 1.29 is 19.5 Å². The molecule has 0 aromatic carbocycles. The van der Waals surface area contributed by atoms with E-state index in [-0.39, 0.29) is 30.1 Å². The molecule has 0 fully saturated rings. The molecule has 0 aliphatic rings. The van der Waals surface area contributed by atoms with Gasteiger partial charge >= 0.3 is 0 Å². The molecule has 0 aliphatic heterocycles. The Bertz CT molecular complexity index is 497. The molecule has 0 aromatic rings. The van der Waals surface area contributed by atoms with Gasteiger partial charge in [0, 0.05) is 11.8 Å². The Morgan fingerprint density at radius 3 is 1.97 bits per heavy atom. The van der Waals surface area contributed by atoms with Crippen LogP contribution in [0.4, 0.5) is 0 Å². The zero-order chi connectivity index (χ0) is 22.4. The first kappa shape index (κ1) is 27.5. The van der Waals surface area contributed by atoms with Crippen molar-refractivity contribution in [3.63, 3.8) is 0 Å². The summed E-state index contributed by atoms with van der Waals surface area (Å²) in [7, 11) is 0. The molecule has 2 unspecified atom stereocenters. The third kappa shape index (κ3) is 10.7. The van der Waals surface area contributed by atoms with Crippen LogP contribution < -0.4 is 22.1 Å². The Balaban J connectivity index is 5.09. The predicted octanol–water partition coefficient (Wildman–Crippen LogP) is 0.846. The third-order valence-corrected chi connectivity index (χ3v) is 5.04. The Hall–Kier alpha value is -1.51. The van der Waals surface area contributed by atoms with E-state index in [0.29, 0.717) is 25.8 Å². The maximum absolute atomic E-state index is 12.7. The van der Waals surface area contributed by atoms with Crippen molar-refractivity contribution in [2.45, 2.75) is 90.8 Å². The van der Waals surface area contributed by atoms with Gasteiger partial charge in [-0.15, -0.1) is 0 Å². The van der Waals surface area contributed by atoms with Crippen molar-refractivity contribution in [1.29, 1.82) is 0 Å². The Morgan fingerprint density at radius 2 is 1.48 bits per heavy atom. The first-order chi connectivity index (χ1) is 13.7. The summed E-state index contributed by atoms with van der Waals surface area (Å²) in [5, 5.41) is 15.4. The van der Waals surface area contributed by atoms with Crippen molar-refractivity contribution in [1.82, 2.24) is 10.6 Å². The normalized spacial score (nSPS) is 15.4. The summed E-state index contributed by atoms with van der Waals surface area (Å²) in [6, 6.07) is -1.88. The molecule has 0 heterocycles. The molecule has 2 amide bonds. The molecule has 0 rings (SSSR count). The van der Waals surface area contributed by atoms with E-state index in [1.807, 2.05) is 0 Å². The van der Waals surface area contributed by atoms with Crippen LogP contribution in [0.2, 0.25) is 0 Å². The van der Waals surface area contributed by atoms with Gasteiger partial charge in [0.2, 0.25) is 11.8 Å². The maximum Gasteiger partial charge on any atom is 0.245 e. The predicted molar refractivity (Wildman–Crippen MR) is 115 cm³/mol. The van der Waals surface area contributed by atoms with E-state index >= 15 is 0 Å². The number of aliphatic hydroxyl groups excluding tert-OH is 1. The van der Waals surface area contributed by atoms with E-state index in [9.17, 15) is 19.5 Å². The molecule has 0 aromatic heterocycles. The number of amides is 2. The minimum atomic E-state index is -1.14. The van der Waals surface area contributed by atoms with Crippen molar-refractivity contribution in [2.24, 2.45) is 23.3 Å². The Morgan fingerprint density at radius 1 is 0.862 bits per heavy atom. The number of nitrogens with one attached hydrogen (secondary N) is 2. The third-order valence-electron chi connectivity index (χ3n) is 5.04. The quantitative estimate of drug-likeness (QED) is 0.236. The second kappa shape index (κ2) is 15.3. The molecule has 8 heteroatoms. The lowest BCUT2D eigenvalue weighted by atomic mass is 9.95. The highest BCUT2D eigenvalue weighted by Gasteiger charge is 2.31. The lowest BCUT2D eigenvalue weighted by Gasteiger charge is -2.26. The van der Waals surface area contributed by atoms with Gasteiger partial charge in [-0.25, -0.2) is 0 Å². The number of carbonyl (C=O) groups excluding carboxylic acids is 3. The Kier molecular flexibility index (Phi) is 14.5. The van der Waals surface area contributed by atoms with Gasteiger partial charge in [0.05, 0.1) is 12.1 Å². The number of ketones is 1. The zero-order valence-electron chi connectivity index (χ0n) is 18.6. The van der Waals surface area contributed by atoms with Gasteiger partial charge in [-0.3, -0.25) is 14.4 Å². The highest BCUT2D eigenvalue weighted by Crippen LogP contribution is 2.15. The molecule has 29 heavy (non-hydrogen) atoms. The standard InChI is InChI=1S/C21H42N4O4/c1-5-6-7-8-9-16(10-12-22)20(28)25-18(15(4)26)21(29)24-17(11-13-23)19(27)14(2)3/h14-18,26H,5-13,22-23H2,1-4H3,(H,24,29)(H,25,28)/t15?,16?,17-,18-/m0/s1. The van der Waals surface area contributed by atoms with Crippen LogP contribution in [-0.4, -0.2) is 54.0 Å². The number of unbranched alkanes of at least 4 members (excludes halogenated alkanes) is 3. The first-order valence-electron chi connectivity index (χ1n) is 10.9. The molecule has 0 spiro atoms. The molecular weight excluding hydrogens is 372 g/mol. The Labute approximate surface area is 175 Å². The summed E-state index contributed by atoms with van der Waals surface area (Å²) in [4.78, 5) is 37.7. The van der Waals surface area contributed by atoms with Crippen molar-refractivity contribution >= 4 is 17.6 Å². The van der Waals surface area contributed by atoms with Crippen LogP contribution in [-0.2, 0) is 14.4 Å². The molecule has 0 aliphatic carbocycles. The maximum atomic E-state index is 12.7. The van der Waals surface area contributed by atoms with Gasteiger partial charge in [-0.05, 0) is 39.3 Å². The summed E-state index contributed by atoms with van der Waals surface area (Å²) >= 11 is 0. The number of carbonyl (C=O) groups is 3. The number of nitrogens with two attached hydrogens (primary N) is 2. The van der Waals surface area contributed by atoms with Crippen LogP contribution in [0.1, 0.15) is 72.6 Å². The van der Waals surface area contributed by atoms with Gasteiger partial charge in [0.1, 0.15) is 6.04 Å². The van der Waals surface area contributed by atoms with Gasteiger partial charge in [-0.1, -0.05) is 46.5 Å². The second-order valence-electron chi connectivity index (χ2n) is 8.05. The van der Waals surface area contributed by atoms with Crippen LogP contribution in [0, 0.1) is 11.8 Å². The van der Waals surface area contributed by atoms with E-state index in [4.69, 9.17) is 11.5 Å². The average molecular weight is 415 g/mol. The van der Waals surface area contributed by atoms with Crippen LogP contribution in [0.3, 0.4) is 0 Å². The number of aliphatic hydroxyl groups is 1. The highest BCUT2D eigenvalue weighted by molar-refractivity contribution is 5.94. The highest BCUT2D eigenvalue weighted by atomic mass is 16.3. The summed E-state index contributed by atoms with van der Waals surface area (Å²) in [5.74, 6) is -1.57. The molecule has 7 N–H and O–H groups in total. The summed E-state index contributed by atoms with van der Waals surface area (Å²) in [6.45, 7) is 7.68. The molecular formula is C21H42N4O4. The fourth-order valence-corrected chi connectivity index (χ4v) is 3.22. The minimum Gasteiger partial charge on any atom is -0.391 e. The van der Waals surface area contributed by atoms with Crippen molar-refractivity contribution in [3.8, 4) is 0 Å². The largest absolute Gasteiger partial charge is 0.391 e. The molecule has 4 atom stereocenters. The van der Waals surface area contributed by atoms with Crippen LogP contribution >= 0.6 is 0 Å². The number of hydrogen-bond acceptors (Lipinski definition) is 6. The molecule has 0 radical (unpaired) electrons. The van der Waals surface area contributed by atoms with Gasteiger partial charge in [0.15, 0.2) is 5.78 Å². The molecule has 0 bridgehead atoms. The van der Waals surface area contributed by atoms with Crippen molar-refractivity contribution in [2.75, 3.05) is 13.1 Å².